The minimum Gasteiger partial charge on any atom is -0.480 e. The van der Waals surface area contributed by atoms with Crippen LogP contribution < -0.4 is 5.32 Å². The summed E-state index contributed by atoms with van der Waals surface area (Å²) in [5.74, 6) is -1.54. The normalized spacial score (nSPS) is 12.1. The van der Waals surface area contributed by atoms with Crippen molar-refractivity contribution in [1.29, 1.82) is 0 Å². The zero-order valence-corrected chi connectivity index (χ0v) is 17.2. The molecule has 0 aliphatic rings. The number of carbonyl (C=O) groups is 2. The van der Waals surface area contributed by atoms with Gasteiger partial charge in [0.1, 0.15) is 6.04 Å². The molecule has 2 N–H and O–H groups in total. The van der Waals surface area contributed by atoms with E-state index in [0.29, 0.717) is 5.56 Å². The Morgan fingerprint density at radius 3 is 2.06 bits per heavy atom. The summed E-state index contributed by atoms with van der Waals surface area (Å²) in [5, 5.41) is 17.5. The highest BCUT2D eigenvalue weighted by atomic mass is 16.4. The number of para-hydroxylation sites is 1. The molecule has 5 nitrogen and oxygen atoms in total. The van der Waals surface area contributed by atoms with Crippen LogP contribution in [0.3, 0.4) is 0 Å². The molecule has 0 fully saturated rings. The van der Waals surface area contributed by atoms with Crippen LogP contribution >= 0.6 is 0 Å². The van der Waals surface area contributed by atoms with Gasteiger partial charge in [-0.15, -0.1) is 0 Å². The quantitative estimate of drug-likeness (QED) is 0.394. The summed E-state index contributed by atoms with van der Waals surface area (Å²) in [7, 11) is 0. The first-order valence-electron chi connectivity index (χ1n) is 10.4. The largest absolute Gasteiger partial charge is 0.480 e. The van der Waals surface area contributed by atoms with E-state index in [1.165, 1.54) is 6.20 Å². The minimum absolute atomic E-state index is 0.171. The van der Waals surface area contributed by atoms with Crippen LogP contribution in [-0.4, -0.2) is 28.0 Å². The van der Waals surface area contributed by atoms with Gasteiger partial charge in [-0.3, -0.25) is 9.78 Å². The van der Waals surface area contributed by atoms with E-state index >= 15 is 0 Å². The number of carboxylic acids is 1. The fraction of sp³-hybridized carbons (Fsp3) is 0.0741. The Balaban J connectivity index is 1.51. The highest BCUT2D eigenvalue weighted by Gasteiger charge is 2.23. The third-order valence-corrected chi connectivity index (χ3v) is 5.75. The van der Waals surface area contributed by atoms with Gasteiger partial charge in [-0.2, -0.15) is 0 Å². The van der Waals surface area contributed by atoms with Crippen molar-refractivity contribution in [3.63, 3.8) is 0 Å². The zero-order valence-electron chi connectivity index (χ0n) is 17.2. The highest BCUT2D eigenvalue weighted by molar-refractivity contribution is 6.03. The number of carboxylic acid groups (broad SMARTS) is 1. The van der Waals surface area contributed by atoms with Crippen LogP contribution in [0.15, 0.2) is 91.1 Å². The SMILES string of the molecule is O=C(N[C@@H](Cc1c2ccccc2cc2ccccc12)C(=O)O)c1cnc2ccccc2c1. The number of nitrogens with zero attached hydrogens (tertiary/aromatic N) is 1. The number of hydrogen-bond acceptors (Lipinski definition) is 3. The molecule has 0 saturated heterocycles. The smallest absolute Gasteiger partial charge is 0.326 e. The van der Waals surface area contributed by atoms with Gasteiger partial charge in [0, 0.05) is 18.0 Å². The Morgan fingerprint density at radius 1 is 0.812 bits per heavy atom. The second-order valence-electron chi connectivity index (χ2n) is 7.78. The van der Waals surface area contributed by atoms with Gasteiger partial charge in [0.15, 0.2) is 0 Å². The van der Waals surface area contributed by atoms with Crippen molar-refractivity contribution >= 4 is 44.3 Å². The summed E-state index contributed by atoms with van der Waals surface area (Å²) in [6, 6.07) is 26.0. The Labute approximate surface area is 184 Å². The van der Waals surface area contributed by atoms with E-state index in [2.05, 4.69) is 16.4 Å². The van der Waals surface area contributed by atoms with Crippen LogP contribution in [0, 0.1) is 0 Å². The van der Waals surface area contributed by atoms with Crippen molar-refractivity contribution in [2.24, 2.45) is 0 Å². The maximum Gasteiger partial charge on any atom is 0.326 e. The number of pyridine rings is 1. The molecule has 1 atom stereocenters. The zero-order chi connectivity index (χ0) is 22.1. The highest BCUT2D eigenvalue weighted by Crippen LogP contribution is 2.29. The summed E-state index contributed by atoms with van der Waals surface area (Å²) < 4.78 is 0. The number of carbonyl (C=O) groups excluding carboxylic acids is 1. The summed E-state index contributed by atoms with van der Waals surface area (Å²) in [4.78, 5) is 29.3. The molecule has 0 saturated carbocycles. The van der Waals surface area contributed by atoms with Crippen molar-refractivity contribution in [2.75, 3.05) is 0 Å². The standard InChI is InChI=1S/C27H20N2O3/c30-26(20-14-19-9-3-6-12-24(19)28-16-20)29-25(27(31)32)15-23-21-10-4-1-7-17(21)13-18-8-2-5-11-22(18)23/h1-14,16,25H,15H2,(H,29,30)(H,31,32)/t25-/m0/s1. The third kappa shape index (κ3) is 3.65. The monoisotopic (exact) mass is 420 g/mol. The number of rotatable bonds is 5. The third-order valence-electron chi connectivity index (χ3n) is 5.75. The fourth-order valence-corrected chi connectivity index (χ4v) is 4.17. The molecule has 4 aromatic carbocycles. The number of amides is 1. The van der Waals surface area contributed by atoms with Crippen LogP contribution in [0.4, 0.5) is 0 Å². The van der Waals surface area contributed by atoms with Crippen molar-refractivity contribution < 1.29 is 14.7 Å². The lowest BCUT2D eigenvalue weighted by Gasteiger charge is -2.18. The second-order valence-corrected chi connectivity index (χ2v) is 7.78. The van der Waals surface area contributed by atoms with Gasteiger partial charge >= 0.3 is 5.97 Å². The minimum atomic E-state index is -1.08. The molecular formula is C27H20N2O3. The lowest BCUT2D eigenvalue weighted by atomic mass is 9.92. The molecule has 156 valence electrons. The summed E-state index contributed by atoms with van der Waals surface area (Å²) in [6.45, 7) is 0. The molecule has 0 unspecified atom stereocenters. The predicted octanol–water partition coefficient (Wildman–Crippen LogP) is 4.97. The maximum absolute atomic E-state index is 12.9. The average molecular weight is 420 g/mol. The first kappa shape index (κ1) is 19.7. The lowest BCUT2D eigenvalue weighted by molar-refractivity contribution is -0.139. The van der Waals surface area contributed by atoms with Gasteiger partial charge in [0.05, 0.1) is 11.1 Å². The van der Waals surface area contributed by atoms with Crippen LogP contribution in [-0.2, 0) is 11.2 Å². The van der Waals surface area contributed by atoms with Gasteiger partial charge in [0.2, 0.25) is 0 Å². The molecule has 0 aliphatic carbocycles. The fourth-order valence-electron chi connectivity index (χ4n) is 4.17. The van der Waals surface area contributed by atoms with Crippen LogP contribution in [0.5, 0.6) is 0 Å². The molecule has 0 spiro atoms. The molecule has 0 aliphatic heterocycles. The van der Waals surface area contributed by atoms with Gasteiger partial charge in [-0.05, 0) is 45.3 Å². The van der Waals surface area contributed by atoms with Crippen LogP contribution in [0.2, 0.25) is 0 Å². The summed E-state index contributed by atoms with van der Waals surface area (Å²) in [6.07, 6.45) is 1.65. The number of aliphatic carboxylic acids is 1. The number of fused-ring (bicyclic) bond motifs is 3. The Kier molecular flexibility index (Phi) is 5.00. The van der Waals surface area contributed by atoms with E-state index in [0.717, 1.165) is 38.0 Å². The number of benzene rings is 4. The molecule has 5 rings (SSSR count). The van der Waals surface area contributed by atoms with E-state index in [4.69, 9.17) is 0 Å². The van der Waals surface area contributed by atoms with E-state index in [1.807, 2.05) is 72.8 Å². The van der Waals surface area contributed by atoms with Crippen molar-refractivity contribution in [3.05, 3.63) is 102 Å². The van der Waals surface area contributed by atoms with Gasteiger partial charge in [-0.25, -0.2) is 4.79 Å². The molecule has 1 amide bonds. The molecule has 1 aromatic heterocycles. The van der Waals surface area contributed by atoms with Crippen molar-refractivity contribution in [3.8, 4) is 0 Å². The van der Waals surface area contributed by atoms with E-state index in [-0.39, 0.29) is 6.42 Å². The molecule has 0 bridgehead atoms. The van der Waals surface area contributed by atoms with Gasteiger partial charge < -0.3 is 10.4 Å². The Hall–Kier alpha value is -4.25. The van der Waals surface area contributed by atoms with Gasteiger partial charge in [0.25, 0.3) is 5.91 Å². The summed E-state index contributed by atoms with van der Waals surface area (Å²) in [5.41, 5.74) is 2.02. The maximum atomic E-state index is 12.9. The molecular weight excluding hydrogens is 400 g/mol. The van der Waals surface area contributed by atoms with E-state index < -0.39 is 17.9 Å². The Bertz CT molecular complexity index is 1440. The van der Waals surface area contributed by atoms with Crippen LogP contribution in [0.1, 0.15) is 15.9 Å². The van der Waals surface area contributed by atoms with E-state index in [1.54, 1.807) is 6.07 Å². The molecule has 0 radical (unpaired) electrons. The Morgan fingerprint density at radius 2 is 1.41 bits per heavy atom. The van der Waals surface area contributed by atoms with Crippen molar-refractivity contribution in [1.82, 2.24) is 10.3 Å². The summed E-state index contributed by atoms with van der Waals surface area (Å²) >= 11 is 0. The van der Waals surface area contributed by atoms with Crippen LogP contribution in [0.25, 0.3) is 32.4 Å². The number of aromatic nitrogens is 1. The average Bonchev–Trinajstić information content (AvgIpc) is 2.82. The van der Waals surface area contributed by atoms with E-state index in [9.17, 15) is 14.7 Å². The first-order valence-corrected chi connectivity index (χ1v) is 10.4. The molecule has 32 heavy (non-hydrogen) atoms. The molecule has 1 heterocycles. The molecule has 5 heteroatoms. The predicted molar refractivity (Wildman–Crippen MR) is 126 cm³/mol. The number of hydrogen-bond donors (Lipinski definition) is 2. The first-order chi connectivity index (χ1) is 15.6. The number of nitrogens with one attached hydrogen (secondary N) is 1. The molecule has 5 aromatic rings. The second kappa shape index (κ2) is 8.12. The topological polar surface area (TPSA) is 79.3 Å². The van der Waals surface area contributed by atoms with Gasteiger partial charge in [-0.1, -0.05) is 66.7 Å². The van der Waals surface area contributed by atoms with Crippen molar-refractivity contribution in [2.45, 2.75) is 12.5 Å². The lowest BCUT2D eigenvalue weighted by Crippen LogP contribution is -2.42.